The Bertz CT molecular complexity index is 655. The maximum Gasteiger partial charge on any atom is 0.329 e. The summed E-state index contributed by atoms with van der Waals surface area (Å²) in [5.41, 5.74) is -0.857. The first-order chi connectivity index (χ1) is 15.1. The van der Waals surface area contributed by atoms with Crippen molar-refractivity contribution in [2.75, 3.05) is 23.7 Å². The van der Waals surface area contributed by atoms with Gasteiger partial charge in [-0.05, 0) is 89.7 Å². The number of hydrogen-bond donors (Lipinski definition) is 1. The number of alkyl halides is 2. The summed E-state index contributed by atoms with van der Waals surface area (Å²) in [6.45, 7) is 12.7. The van der Waals surface area contributed by atoms with Crippen LogP contribution in [0, 0.1) is 0 Å². The lowest BCUT2D eigenvalue weighted by molar-refractivity contribution is -0.162. The van der Waals surface area contributed by atoms with E-state index in [0.29, 0.717) is 18.3 Å². The van der Waals surface area contributed by atoms with E-state index in [1.165, 1.54) is 0 Å². The Morgan fingerprint density at radius 3 is 1.79 bits per heavy atom. The van der Waals surface area contributed by atoms with E-state index in [1.54, 1.807) is 4.90 Å². The summed E-state index contributed by atoms with van der Waals surface area (Å²) in [6.07, 6.45) is 3.55. The first-order valence-electron chi connectivity index (χ1n) is 10.9. The number of likely N-dealkylation sites (tertiary alicyclic amines) is 1. The van der Waals surface area contributed by atoms with Crippen molar-refractivity contribution >= 4 is 70.3 Å². The maximum atomic E-state index is 11.9. The lowest BCUT2D eigenvalue weighted by Crippen LogP contribution is -2.44. The van der Waals surface area contributed by atoms with Gasteiger partial charge in [0.1, 0.15) is 23.3 Å². The molecule has 0 saturated carbocycles. The molecule has 2 fully saturated rings. The summed E-state index contributed by atoms with van der Waals surface area (Å²) < 4.78 is 10.5. The summed E-state index contributed by atoms with van der Waals surface area (Å²) in [5.74, 6) is -0.451. The van der Waals surface area contributed by atoms with Gasteiger partial charge in [-0.25, -0.2) is 4.79 Å². The molecule has 1 amide bonds. The Morgan fingerprint density at radius 1 is 0.879 bits per heavy atom. The molecule has 11 heteroatoms. The fourth-order valence-electron chi connectivity index (χ4n) is 3.02. The molecule has 2 aliphatic heterocycles. The van der Waals surface area contributed by atoms with Crippen LogP contribution in [-0.2, 0) is 28.7 Å². The molecule has 2 heterocycles. The van der Waals surface area contributed by atoms with Crippen LogP contribution in [0.3, 0.4) is 0 Å². The Morgan fingerprint density at radius 2 is 1.39 bits per heavy atom. The molecule has 2 saturated heterocycles. The van der Waals surface area contributed by atoms with Crippen LogP contribution in [0.1, 0.15) is 67.2 Å². The van der Waals surface area contributed by atoms with Crippen molar-refractivity contribution in [2.45, 2.75) is 90.5 Å². The zero-order chi connectivity index (χ0) is 25.8. The molecule has 0 bridgehead atoms. The molecular formula is C22H37Br3N2O6. The first-order valence-corrected chi connectivity index (χ1v) is 13.9. The summed E-state index contributed by atoms with van der Waals surface area (Å²) in [6, 6.07) is -0.464. The van der Waals surface area contributed by atoms with E-state index in [0.717, 1.165) is 25.8 Å². The lowest BCUT2D eigenvalue weighted by atomic mass is 10.1. The third-order valence-corrected chi connectivity index (χ3v) is 6.24. The normalized spacial score (nSPS) is 20.1. The molecule has 2 aliphatic rings. The highest BCUT2D eigenvalue weighted by atomic mass is 79.9. The van der Waals surface area contributed by atoms with Gasteiger partial charge in [-0.1, -0.05) is 31.9 Å². The van der Waals surface area contributed by atoms with E-state index < -0.39 is 11.6 Å². The van der Waals surface area contributed by atoms with E-state index >= 15 is 0 Å². The second kappa shape index (κ2) is 15.5. The predicted molar refractivity (Wildman–Crippen MR) is 139 cm³/mol. The number of ether oxygens (including phenoxy) is 2. The molecule has 1 N–H and O–H groups in total. The molecule has 0 aromatic heterocycles. The van der Waals surface area contributed by atoms with Crippen LogP contribution >= 0.6 is 47.8 Å². The fraction of sp³-hybridized carbons (Fsp3) is 0.818. The van der Waals surface area contributed by atoms with E-state index in [-0.39, 0.29) is 39.5 Å². The fourth-order valence-corrected chi connectivity index (χ4v) is 3.34. The van der Waals surface area contributed by atoms with Crippen LogP contribution in [0.25, 0.3) is 0 Å². The lowest BCUT2D eigenvalue weighted by Gasteiger charge is -2.27. The van der Waals surface area contributed by atoms with Crippen molar-refractivity contribution in [1.29, 1.82) is 0 Å². The molecule has 33 heavy (non-hydrogen) atoms. The van der Waals surface area contributed by atoms with E-state index in [9.17, 15) is 19.2 Å². The van der Waals surface area contributed by atoms with Crippen LogP contribution in [0.2, 0.25) is 0 Å². The second-order valence-corrected chi connectivity index (χ2v) is 11.6. The van der Waals surface area contributed by atoms with E-state index in [4.69, 9.17) is 9.47 Å². The number of nitrogens with zero attached hydrogens (tertiary/aromatic N) is 1. The van der Waals surface area contributed by atoms with Crippen molar-refractivity contribution in [2.24, 2.45) is 0 Å². The zero-order valence-corrected chi connectivity index (χ0v) is 25.1. The number of esters is 2. The summed E-state index contributed by atoms with van der Waals surface area (Å²) in [7, 11) is 0. The predicted octanol–water partition coefficient (Wildman–Crippen LogP) is 4.10. The Hall–Kier alpha value is -0.520. The molecule has 192 valence electrons. The number of rotatable bonds is 4. The van der Waals surface area contributed by atoms with Gasteiger partial charge in [0.15, 0.2) is 0 Å². The number of carbonyl (C=O) groups is 4. The average molecular weight is 665 g/mol. The topological polar surface area (TPSA) is 102 Å². The second-order valence-electron chi connectivity index (χ2n) is 9.58. The standard InChI is InChI=1S/C11H18BrNO3.C9H17NO2.C2H2Br2O/c1-11(2,3)16-10(15)8-5-4-6-13(8)9(14)7-12;1-9(2,3)12-8(11)7-5-4-6-10-7;3-1-2(4)5/h8H,4-7H2,1-3H3;7,10H,4-6H2,1-3H3;1H2. The van der Waals surface area contributed by atoms with Gasteiger partial charge in [0.05, 0.1) is 10.7 Å². The number of amides is 1. The average Bonchev–Trinajstić information content (AvgIpc) is 3.37. The minimum atomic E-state index is -0.497. The Kier molecular flexibility index (Phi) is 15.2. The third kappa shape index (κ3) is 15.2. The Labute approximate surface area is 222 Å². The van der Waals surface area contributed by atoms with Crippen molar-refractivity contribution in [1.82, 2.24) is 10.2 Å². The van der Waals surface area contributed by atoms with Gasteiger partial charge < -0.3 is 19.7 Å². The molecule has 0 spiro atoms. The highest BCUT2D eigenvalue weighted by Gasteiger charge is 2.36. The van der Waals surface area contributed by atoms with Gasteiger partial charge in [0.2, 0.25) is 10.6 Å². The van der Waals surface area contributed by atoms with E-state index in [1.807, 2.05) is 41.5 Å². The van der Waals surface area contributed by atoms with E-state index in [2.05, 4.69) is 53.1 Å². The molecule has 2 unspecified atom stereocenters. The number of halogens is 3. The van der Waals surface area contributed by atoms with Crippen LogP contribution < -0.4 is 5.32 Å². The smallest absolute Gasteiger partial charge is 0.329 e. The van der Waals surface area contributed by atoms with Gasteiger partial charge in [-0.2, -0.15) is 0 Å². The van der Waals surface area contributed by atoms with Crippen LogP contribution in [0.15, 0.2) is 0 Å². The summed E-state index contributed by atoms with van der Waals surface area (Å²) in [4.78, 5) is 46.1. The molecular weight excluding hydrogens is 628 g/mol. The first kappa shape index (κ1) is 32.5. The minimum Gasteiger partial charge on any atom is -0.459 e. The summed E-state index contributed by atoms with van der Waals surface area (Å²) in [5, 5.41) is 3.76. The van der Waals surface area contributed by atoms with Crippen LogP contribution in [0.5, 0.6) is 0 Å². The molecule has 8 nitrogen and oxygen atoms in total. The van der Waals surface area contributed by atoms with Crippen molar-refractivity contribution < 1.29 is 28.7 Å². The summed E-state index contributed by atoms with van der Waals surface area (Å²) >= 11 is 8.72. The molecule has 0 aliphatic carbocycles. The maximum absolute atomic E-state index is 11.9. The number of hydrogen-bond acceptors (Lipinski definition) is 7. The van der Waals surface area contributed by atoms with Gasteiger partial charge >= 0.3 is 11.9 Å². The monoisotopic (exact) mass is 662 g/mol. The molecule has 2 rings (SSSR count). The van der Waals surface area contributed by atoms with Gasteiger partial charge in [-0.3, -0.25) is 14.4 Å². The molecule has 2 atom stereocenters. The van der Waals surface area contributed by atoms with Crippen molar-refractivity contribution in [3.63, 3.8) is 0 Å². The van der Waals surface area contributed by atoms with Gasteiger partial charge in [-0.15, -0.1) is 0 Å². The molecule has 0 aromatic carbocycles. The van der Waals surface area contributed by atoms with Gasteiger partial charge in [0.25, 0.3) is 0 Å². The quantitative estimate of drug-likeness (QED) is 0.274. The SMILES string of the molecule is CC(C)(C)OC(=O)C1CCCN1.CC(C)(C)OC(=O)C1CCCN1C(=O)CBr.O=C(Br)CBr. The number of carbonyl (C=O) groups excluding carboxylic acids is 4. The molecule has 0 radical (unpaired) electrons. The third-order valence-electron chi connectivity index (χ3n) is 4.22. The largest absolute Gasteiger partial charge is 0.459 e. The van der Waals surface area contributed by atoms with Crippen molar-refractivity contribution in [3.8, 4) is 0 Å². The Balaban J connectivity index is 0.000000530. The zero-order valence-electron chi connectivity index (χ0n) is 20.3. The highest BCUT2D eigenvalue weighted by Crippen LogP contribution is 2.21. The van der Waals surface area contributed by atoms with Gasteiger partial charge in [0, 0.05) is 6.54 Å². The highest BCUT2D eigenvalue weighted by molar-refractivity contribution is 9.19. The number of nitrogens with one attached hydrogen (secondary N) is 1. The van der Waals surface area contributed by atoms with Crippen LogP contribution in [-0.4, -0.2) is 74.5 Å². The minimum absolute atomic E-state index is 0.0162. The van der Waals surface area contributed by atoms with Crippen LogP contribution in [0.4, 0.5) is 0 Å². The van der Waals surface area contributed by atoms with Crippen molar-refractivity contribution in [3.05, 3.63) is 0 Å². The molecule has 0 aromatic rings.